The molecule has 1 heterocycles. The Balaban J connectivity index is 1.81. The lowest BCUT2D eigenvalue weighted by Crippen LogP contribution is -2.15. The van der Waals surface area contributed by atoms with E-state index in [9.17, 15) is 12.8 Å². The van der Waals surface area contributed by atoms with Crippen LogP contribution in [0.1, 0.15) is 5.56 Å². The summed E-state index contributed by atoms with van der Waals surface area (Å²) < 4.78 is 46.7. The Hall–Kier alpha value is -3.46. The zero-order valence-corrected chi connectivity index (χ0v) is 16.4. The van der Waals surface area contributed by atoms with Crippen LogP contribution in [0.5, 0.6) is 5.75 Å². The molecule has 9 heteroatoms. The highest BCUT2D eigenvalue weighted by atomic mass is 32.2. The normalized spacial score (nSPS) is 11.6. The third kappa shape index (κ3) is 3.64. The summed E-state index contributed by atoms with van der Waals surface area (Å²) in [6.07, 6.45) is 0. The van der Waals surface area contributed by atoms with E-state index in [0.717, 1.165) is 17.7 Å². The summed E-state index contributed by atoms with van der Waals surface area (Å²) in [6, 6.07) is 15.4. The lowest BCUT2D eigenvalue weighted by Gasteiger charge is -2.16. The second-order valence-electron chi connectivity index (χ2n) is 6.40. The van der Waals surface area contributed by atoms with Crippen molar-refractivity contribution in [2.24, 2.45) is 0 Å². The number of hydrogen-bond donors (Lipinski definition) is 1. The van der Waals surface area contributed by atoms with Gasteiger partial charge in [-0.15, -0.1) is 15.0 Å². The number of methoxy groups -OCH3 is 1. The summed E-state index contributed by atoms with van der Waals surface area (Å²) >= 11 is 0. The van der Waals surface area contributed by atoms with Crippen LogP contribution < -0.4 is 9.46 Å². The van der Waals surface area contributed by atoms with Crippen molar-refractivity contribution in [3.05, 3.63) is 72.0 Å². The number of nitrogens with one attached hydrogen (secondary N) is 1. The van der Waals surface area contributed by atoms with E-state index in [4.69, 9.17) is 4.74 Å². The standard InChI is InChI=1S/C20H17FN4O3S/c1-13-11-18(24-29(26,27)15-9-7-14(21)8-10-15)20(28-2)19(12-13)25-22-16-5-3-4-6-17(16)23-25/h3-12,24H,1-2H3. The maximum absolute atomic E-state index is 13.2. The number of halogens is 1. The molecule has 148 valence electrons. The zero-order chi connectivity index (χ0) is 20.6. The highest BCUT2D eigenvalue weighted by Crippen LogP contribution is 2.34. The number of aryl methyl sites for hydroxylation is 1. The van der Waals surface area contributed by atoms with E-state index in [1.165, 1.54) is 24.0 Å². The average Bonchev–Trinajstić information content (AvgIpc) is 3.12. The Labute approximate surface area is 166 Å². The molecule has 0 fully saturated rings. The molecule has 0 atom stereocenters. The van der Waals surface area contributed by atoms with Crippen molar-refractivity contribution in [2.75, 3.05) is 11.8 Å². The first kappa shape index (κ1) is 18.9. The van der Waals surface area contributed by atoms with E-state index in [1.54, 1.807) is 12.1 Å². The van der Waals surface area contributed by atoms with Crippen LogP contribution >= 0.6 is 0 Å². The maximum Gasteiger partial charge on any atom is 0.262 e. The SMILES string of the molecule is COc1c(NS(=O)(=O)c2ccc(F)cc2)cc(C)cc1-n1nc2ccccc2n1. The van der Waals surface area contributed by atoms with Gasteiger partial charge in [-0.3, -0.25) is 4.72 Å². The topological polar surface area (TPSA) is 86.1 Å². The molecule has 0 unspecified atom stereocenters. The molecule has 1 aromatic heterocycles. The Bertz CT molecular complexity index is 1270. The van der Waals surface area contributed by atoms with Gasteiger partial charge >= 0.3 is 0 Å². The number of ether oxygens (including phenoxy) is 1. The van der Waals surface area contributed by atoms with Crippen molar-refractivity contribution in [1.29, 1.82) is 0 Å². The Kier molecular flexibility index (Phi) is 4.67. The number of sulfonamides is 1. The molecule has 0 radical (unpaired) electrons. The van der Waals surface area contributed by atoms with Crippen LogP contribution in [-0.4, -0.2) is 30.5 Å². The fourth-order valence-electron chi connectivity index (χ4n) is 2.98. The molecule has 1 N–H and O–H groups in total. The maximum atomic E-state index is 13.2. The predicted molar refractivity (Wildman–Crippen MR) is 107 cm³/mol. The number of hydrogen-bond acceptors (Lipinski definition) is 5. The number of nitrogens with zero attached hydrogens (tertiary/aromatic N) is 3. The molecule has 0 aliphatic carbocycles. The van der Waals surface area contributed by atoms with E-state index >= 15 is 0 Å². The van der Waals surface area contributed by atoms with Crippen molar-refractivity contribution < 1.29 is 17.5 Å². The first-order valence-electron chi connectivity index (χ1n) is 8.67. The lowest BCUT2D eigenvalue weighted by molar-refractivity contribution is 0.412. The van der Waals surface area contributed by atoms with Gasteiger partial charge in [0.25, 0.3) is 10.0 Å². The number of aromatic nitrogens is 3. The van der Waals surface area contributed by atoms with Crippen molar-refractivity contribution in [3.8, 4) is 11.4 Å². The van der Waals surface area contributed by atoms with Crippen LogP contribution in [0, 0.1) is 12.7 Å². The fraction of sp³-hybridized carbons (Fsp3) is 0.100. The summed E-state index contributed by atoms with van der Waals surface area (Å²) in [7, 11) is -2.51. The van der Waals surface area contributed by atoms with E-state index in [2.05, 4.69) is 14.9 Å². The minimum atomic E-state index is -3.95. The second kappa shape index (κ2) is 7.17. The highest BCUT2D eigenvalue weighted by molar-refractivity contribution is 7.92. The van der Waals surface area contributed by atoms with Gasteiger partial charge in [0.2, 0.25) is 0 Å². The van der Waals surface area contributed by atoms with Gasteiger partial charge < -0.3 is 4.74 Å². The largest absolute Gasteiger partial charge is 0.492 e. The third-order valence-electron chi connectivity index (χ3n) is 4.29. The number of anilines is 1. The molecule has 0 bridgehead atoms. The number of rotatable bonds is 5. The Morgan fingerprint density at radius 3 is 2.21 bits per heavy atom. The van der Waals surface area contributed by atoms with Gasteiger partial charge in [0.05, 0.1) is 17.7 Å². The van der Waals surface area contributed by atoms with E-state index in [-0.39, 0.29) is 16.3 Å². The van der Waals surface area contributed by atoms with Crippen molar-refractivity contribution in [3.63, 3.8) is 0 Å². The summed E-state index contributed by atoms with van der Waals surface area (Å²) in [5.74, 6) is -0.252. The van der Waals surface area contributed by atoms with Crippen LogP contribution in [0.25, 0.3) is 16.7 Å². The van der Waals surface area contributed by atoms with Crippen LogP contribution in [0.2, 0.25) is 0 Å². The first-order chi connectivity index (χ1) is 13.9. The van der Waals surface area contributed by atoms with Crippen LogP contribution in [0.15, 0.2) is 65.6 Å². The molecule has 0 amide bonds. The average molecular weight is 412 g/mol. The van der Waals surface area contributed by atoms with Gasteiger partial charge in [-0.05, 0) is 61.0 Å². The molecule has 4 rings (SSSR count). The fourth-order valence-corrected chi connectivity index (χ4v) is 4.03. The molecule has 0 spiro atoms. The summed E-state index contributed by atoms with van der Waals surface area (Å²) in [5, 5.41) is 8.89. The Morgan fingerprint density at radius 2 is 1.62 bits per heavy atom. The quantitative estimate of drug-likeness (QED) is 0.540. The van der Waals surface area contributed by atoms with Gasteiger partial charge in [-0.25, -0.2) is 12.8 Å². The first-order valence-corrected chi connectivity index (χ1v) is 10.2. The second-order valence-corrected chi connectivity index (χ2v) is 8.08. The van der Waals surface area contributed by atoms with Crippen molar-refractivity contribution >= 4 is 26.7 Å². The van der Waals surface area contributed by atoms with E-state index in [1.807, 2.05) is 31.2 Å². The monoisotopic (exact) mass is 412 g/mol. The van der Waals surface area contributed by atoms with Gasteiger partial charge in [0.15, 0.2) is 5.75 Å². The molecular weight excluding hydrogens is 395 g/mol. The van der Waals surface area contributed by atoms with Crippen LogP contribution in [-0.2, 0) is 10.0 Å². The highest BCUT2D eigenvalue weighted by Gasteiger charge is 2.21. The molecule has 3 aromatic carbocycles. The molecular formula is C20H17FN4O3S. The molecule has 29 heavy (non-hydrogen) atoms. The van der Waals surface area contributed by atoms with Crippen molar-refractivity contribution in [1.82, 2.24) is 15.0 Å². The summed E-state index contributed by atoms with van der Waals surface area (Å²) in [5.41, 5.74) is 2.89. The summed E-state index contributed by atoms with van der Waals surface area (Å²) in [6.45, 7) is 1.82. The Morgan fingerprint density at radius 1 is 1.00 bits per heavy atom. The van der Waals surface area contributed by atoms with E-state index < -0.39 is 15.8 Å². The van der Waals surface area contributed by atoms with Crippen LogP contribution in [0.4, 0.5) is 10.1 Å². The lowest BCUT2D eigenvalue weighted by atomic mass is 10.2. The van der Waals surface area contributed by atoms with Crippen LogP contribution in [0.3, 0.4) is 0 Å². The predicted octanol–water partition coefficient (Wildman–Crippen LogP) is 3.68. The summed E-state index contributed by atoms with van der Waals surface area (Å²) in [4.78, 5) is 1.35. The third-order valence-corrected chi connectivity index (χ3v) is 5.67. The van der Waals surface area contributed by atoms with Gasteiger partial charge in [-0.1, -0.05) is 12.1 Å². The molecule has 0 aliphatic heterocycles. The zero-order valence-electron chi connectivity index (χ0n) is 15.6. The molecule has 0 aliphatic rings. The van der Waals surface area contributed by atoms with Gasteiger partial charge in [-0.2, -0.15) is 0 Å². The molecule has 4 aromatic rings. The van der Waals surface area contributed by atoms with Gasteiger partial charge in [0, 0.05) is 0 Å². The molecule has 0 saturated heterocycles. The number of benzene rings is 3. The molecule has 0 saturated carbocycles. The smallest absolute Gasteiger partial charge is 0.262 e. The van der Waals surface area contributed by atoms with Crippen molar-refractivity contribution in [2.45, 2.75) is 11.8 Å². The van der Waals surface area contributed by atoms with E-state index in [0.29, 0.717) is 16.7 Å². The molecule has 7 nitrogen and oxygen atoms in total. The number of fused-ring (bicyclic) bond motifs is 1. The van der Waals surface area contributed by atoms with Gasteiger partial charge in [0.1, 0.15) is 22.5 Å². The minimum absolute atomic E-state index is 0.0630. The minimum Gasteiger partial charge on any atom is -0.492 e.